The molecule has 140 valence electrons. The van der Waals surface area contributed by atoms with Crippen molar-refractivity contribution in [3.63, 3.8) is 0 Å². The van der Waals surface area contributed by atoms with E-state index in [-0.39, 0.29) is 0 Å². The first kappa shape index (κ1) is 19.9. The fourth-order valence-electron chi connectivity index (χ4n) is 3.61. The average Bonchev–Trinajstić information content (AvgIpc) is 3.06. The fourth-order valence-corrected chi connectivity index (χ4v) is 3.61. The molecule has 2 unspecified atom stereocenters. The minimum absolute atomic E-state index is 0.297. The van der Waals surface area contributed by atoms with Gasteiger partial charge in [0.25, 0.3) is 0 Å². The van der Waals surface area contributed by atoms with E-state index in [1.54, 1.807) is 0 Å². The van der Waals surface area contributed by atoms with Gasteiger partial charge >= 0.3 is 0 Å². The Balaban J connectivity index is 2.21. The normalized spacial score (nSPS) is 14.3. The second-order valence-electron chi connectivity index (χ2n) is 7.34. The van der Waals surface area contributed by atoms with Gasteiger partial charge in [0.2, 0.25) is 0 Å². The molecule has 0 saturated carbocycles. The van der Waals surface area contributed by atoms with Crippen LogP contribution in [0, 0.1) is 5.92 Å². The van der Waals surface area contributed by atoms with Crippen LogP contribution in [-0.2, 0) is 0 Å². The molecule has 0 N–H and O–H groups in total. The number of para-hydroxylation sites is 1. The van der Waals surface area contributed by atoms with Crippen LogP contribution >= 0.6 is 0 Å². The van der Waals surface area contributed by atoms with E-state index in [1.165, 1.54) is 44.9 Å². The molecule has 2 atom stereocenters. The third kappa shape index (κ3) is 5.53. The quantitative estimate of drug-likeness (QED) is 0.466. The van der Waals surface area contributed by atoms with Crippen LogP contribution in [0.15, 0.2) is 24.3 Å². The van der Waals surface area contributed by atoms with Crippen molar-refractivity contribution in [3.8, 4) is 0 Å². The largest absolute Gasteiger partial charge is 0.285 e. The van der Waals surface area contributed by atoms with E-state index in [2.05, 4.69) is 65.9 Å². The standard InChI is InChI=1S/C21H36N4/c1-5-8-12-16-24(4)21(17-18(7-3)13-9-6-2)25-20-15-11-10-14-19(20)22-23-25/h10-11,14-15,18,21H,5-9,12-13,16-17H2,1-4H3. The van der Waals surface area contributed by atoms with Crippen LogP contribution in [0.2, 0.25) is 0 Å². The summed E-state index contributed by atoms with van der Waals surface area (Å²) in [6, 6.07) is 8.33. The Morgan fingerprint density at radius 3 is 2.52 bits per heavy atom. The Bertz CT molecular complexity index is 607. The van der Waals surface area contributed by atoms with Crippen LogP contribution in [0.3, 0.4) is 0 Å². The topological polar surface area (TPSA) is 34.0 Å². The summed E-state index contributed by atoms with van der Waals surface area (Å²) in [7, 11) is 2.25. The number of hydrogen-bond acceptors (Lipinski definition) is 3. The fraction of sp³-hybridized carbons (Fsp3) is 0.714. The second-order valence-corrected chi connectivity index (χ2v) is 7.34. The zero-order valence-electron chi connectivity index (χ0n) is 16.6. The van der Waals surface area contributed by atoms with Crippen molar-refractivity contribution < 1.29 is 0 Å². The molecular formula is C21H36N4. The molecule has 0 radical (unpaired) electrons. The first-order valence-corrected chi connectivity index (χ1v) is 10.2. The lowest BCUT2D eigenvalue weighted by Crippen LogP contribution is -2.32. The van der Waals surface area contributed by atoms with Gasteiger partial charge in [0.15, 0.2) is 0 Å². The van der Waals surface area contributed by atoms with Gasteiger partial charge < -0.3 is 0 Å². The molecule has 0 fully saturated rings. The molecule has 1 aromatic carbocycles. The summed E-state index contributed by atoms with van der Waals surface area (Å²) in [5.41, 5.74) is 2.15. The molecule has 25 heavy (non-hydrogen) atoms. The average molecular weight is 345 g/mol. The number of fused-ring (bicyclic) bond motifs is 1. The van der Waals surface area contributed by atoms with Crippen molar-refractivity contribution in [2.24, 2.45) is 5.92 Å². The van der Waals surface area contributed by atoms with Gasteiger partial charge in [0.1, 0.15) is 11.7 Å². The molecule has 0 saturated heterocycles. The SMILES string of the molecule is CCCCCN(C)C(CC(CC)CCCC)n1nnc2ccccc21. The highest BCUT2D eigenvalue weighted by atomic mass is 15.5. The highest BCUT2D eigenvalue weighted by Crippen LogP contribution is 2.28. The molecule has 1 aromatic heterocycles. The summed E-state index contributed by atoms with van der Waals surface area (Å²) in [5.74, 6) is 0.751. The van der Waals surface area contributed by atoms with Crippen molar-refractivity contribution in [2.75, 3.05) is 13.6 Å². The van der Waals surface area contributed by atoms with Crippen LogP contribution in [0.4, 0.5) is 0 Å². The van der Waals surface area contributed by atoms with Crippen LogP contribution in [0.25, 0.3) is 11.0 Å². The molecular weight excluding hydrogens is 308 g/mol. The maximum absolute atomic E-state index is 4.54. The summed E-state index contributed by atoms with van der Waals surface area (Å²) >= 11 is 0. The summed E-state index contributed by atoms with van der Waals surface area (Å²) in [6.07, 6.45) is 10.4. The number of aromatic nitrogens is 3. The van der Waals surface area contributed by atoms with Gasteiger partial charge in [-0.1, -0.05) is 76.6 Å². The Labute approximate surface area is 153 Å². The first-order valence-electron chi connectivity index (χ1n) is 10.2. The summed E-state index contributed by atoms with van der Waals surface area (Å²) < 4.78 is 2.16. The minimum Gasteiger partial charge on any atom is -0.285 e. The zero-order chi connectivity index (χ0) is 18.1. The summed E-state index contributed by atoms with van der Waals surface area (Å²) in [6.45, 7) is 8.00. The molecule has 4 heteroatoms. The van der Waals surface area contributed by atoms with Crippen molar-refractivity contribution >= 4 is 11.0 Å². The lowest BCUT2D eigenvalue weighted by Gasteiger charge is -2.31. The second kappa shape index (κ2) is 10.5. The lowest BCUT2D eigenvalue weighted by molar-refractivity contribution is 0.126. The van der Waals surface area contributed by atoms with Gasteiger partial charge in [0.05, 0.1) is 5.52 Å². The highest BCUT2D eigenvalue weighted by Gasteiger charge is 2.23. The number of nitrogens with zero attached hydrogens (tertiary/aromatic N) is 4. The van der Waals surface area contributed by atoms with E-state index < -0.39 is 0 Å². The van der Waals surface area contributed by atoms with E-state index in [0.29, 0.717) is 6.17 Å². The molecule has 0 aliphatic heterocycles. The molecule has 1 heterocycles. The summed E-state index contributed by atoms with van der Waals surface area (Å²) in [4.78, 5) is 2.49. The number of benzene rings is 1. The predicted octanol–water partition coefficient (Wildman–Crippen LogP) is 5.66. The van der Waals surface area contributed by atoms with Gasteiger partial charge in [-0.2, -0.15) is 0 Å². The van der Waals surface area contributed by atoms with Crippen molar-refractivity contribution in [1.29, 1.82) is 0 Å². The Morgan fingerprint density at radius 1 is 1.04 bits per heavy atom. The molecule has 0 aliphatic carbocycles. The molecule has 0 amide bonds. The van der Waals surface area contributed by atoms with E-state index in [9.17, 15) is 0 Å². The zero-order valence-corrected chi connectivity index (χ0v) is 16.6. The van der Waals surface area contributed by atoms with Crippen LogP contribution in [-0.4, -0.2) is 33.5 Å². The molecule has 0 spiro atoms. The first-order chi connectivity index (χ1) is 12.2. The monoisotopic (exact) mass is 344 g/mol. The molecule has 0 aliphatic rings. The molecule has 2 rings (SSSR count). The maximum Gasteiger partial charge on any atom is 0.113 e. The number of unbranched alkanes of at least 4 members (excludes halogenated alkanes) is 3. The Hall–Kier alpha value is -1.42. The van der Waals surface area contributed by atoms with E-state index in [4.69, 9.17) is 0 Å². The van der Waals surface area contributed by atoms with E-state index in [0.717, 1.165) is 29.9 Å². The molecule has 2 aromatic rings. The Kier molecular flexibility index (Phi) is 8.39. The third-order valence-electron chi connectivity index (χ3n) is 5.37. The predicted molar refractivity (Wildman–Crippen MR) is 107 cm³/mol. The van der Waals surface area contributed by atoms with Crippen molar-refractivity contribution in [3.05, 3.63) is 24.3 Å². The summed E-state index contributed by atoms with van der Waals surface area (Å²) in [5, 5.41) is 8.94. The molecule has 0 bridgehead atoms. The Morgan fingerprint density at radius 2 is 1.80 bits per heavy atom. The minimum atomic E-state index is 0.297. The smallest absolute Gasteiger partial charge is 0.113 e. The van der Waals surface area contributed by atoms with Crippen molar-refractivity contribution in [2.45, 2.75) is 78.3 Å². The van der Waals surface area contributed by atoms with Gasteiger partial charge in [-0.3, -0.25) is 4.90 Å². The van der Waals surface area contributed by atoms with Crippen LogP contribution in [0.5, 0.6) is 0 Å². The van der Waals surface area contributed by atoms with Crippen LogP contribution < -0.4 is 0 Å². The van der Waals surface area contributed by atoms with Crippen LogP contribution in [0.1, 0.15) is 78.3 Å². The highest BCUT2D eigenvalue weighted by molar-refractivity contribution is 5.73. The van der Waals surface area contributed by atoms with E-state index in [1.807, 2.05) is 6.07 Å². The number of hydrogen-bond donors (Lipinski definition) is 0. The van der Waals surface area contributed by atoms with E-state index >= 15 is 0 Å². The molecule has 4 nitrogen and oxygen atoms in total. The maximum atomic E-state index is 4.54. The van der Waals surface area contributed by atoms with Gasteiger partial charge in [-0.05, 0) is 44.5 Å². The van der Waals surface area contributed by atoms with Gasteiger partial charge in [-0.15, -0.1) is 5.10 Å². The third-order valence-corrected chi connectivity index (χ3v) is 5.37. The van der Waals surface area contributed by atoms with Crippen molar-refractivity contribution in [1.82, 2.24) is 19.9 Å². The van der Waals surface area contributed by atoms with Gasteiger partial charge in [-0.25, -0.2) is 4.68 Å². The lowest BCUT2D eigenvalue weighted by atomic mass is 9.94. The van der Waals surface area contributed by atoms with Gasteiger partial charge in [0, 0.05) is 0 Å². The number of rotatable bonds is 12.